The van der Waals surface area contributed by atoms with E-state index in [9.17, 15) is 0 Å². The highest BCUT2D eigenvalue weighted by Gasteiger charge is 2.14. The van der Waals surface area contributed by atoms with Crippen LogP contribution in [0.3, 0.4) is 0 Å². The largest absolute Gasteiger partial charge is 0.493 e. The van der Waals surface area contributed by atoms with Crippen molar-refractivity contribution in [2.75, 3.05) is 14.2 Å². The van der Waals surface area contributed by atoms with Crippen LogP contribution in [0.4, 0.5) is 0 Å². The number of nitrogens with zero attached hydrogens (tertiary/aromatic N) is 2. The van der Waals surface area contributed by atoms with Gasteiger partial charge >= 0.3 is 0 Å². The first kappa shape index (κ1) is 17.8. The third-order valence-corrected chi connectivity index (χ3v) is 6.01. The van der Waals surface area contributed by atoms with Crippen LogP contribution in [0.5, 0.6) is 11.5 Å². The summed E-state index contributed by atoms with van der Waals surface area (Å²) in [6.45, 7) is 0. The standard InChI is InChI=1S/C21H18N2O2S2/c1-24-18-9-5-7-16(20(18)25-2)21-22-15(13-27-21)12-26-19-11-10-14-6-3-4-8-17(14)23-19/h3-11,13H,12H2,1-2H3. The van der Waals surface area contributed by atoms with Gasteiger partial charge < -0.3 is 9.47 Å². The molecule has 0 aliphatic carbocycles. The Morgan fingerprint density at radius 1 is 0.926 bits per heavy atom. The highest BCUT2D eigenvalue weighted by atomic mass is 32.2. The molecule has 0 radical (unpaired) electrons. The van der Waals surface area contributed by atoms with Crippen LogP contribution in [0, 0.1) is 0 Å². The summed E-state index contributed by atoms with van der Waals surface area (Å²) in [4.78, 5) is 9.48. The topological polar surface area (TPSA) is 44.2 Å². The maximum Gasteiger partial charge on any atom is 0.170 e. The summed E-state index contributed by atoms with van der Waals surface area (Å²) in [7, 11) is 3.29. The van der Waals surface area contributed by atoms with Crippen LogP contribution in [0.2, 0.25) is 0 Å². The maximum absolute atomic E-state index is 5.53. The molecule has 4 aromatic rings. The molecule has 2 aromatic carbocycles. The first-order chi connectivity index (χ1) is 13.3. The van der Waals surface area contributed by atoms with Crippen molar-refractivity contribution in [3.63, 3.8) is 0 Å². The lowest BCUT2D eigenvalue weighted by Gasteiger charge is -2.10. The van der Waals surface area contributed by atoms with Gasteiger partial charge in [-0.3, -0.25) is 0 Å². The fraction of sp³-hybridized carbons (Fsp3) is 0.143. The van der Waals surface area contributed by atoms with Gasteiger partial charge in [0.25, 0.3) is 0 Å². The Kier molecular flexibility index (Phi) is 5.27. The zero-order valence-electron chi connectivity index (χ0n) is 15.0. The zero-order chi connectivity index (χ0) is 18.6. The molecule has 0 saturated carbocycles. The van der Waals surface area contributed by atoms with E-state index in [1.54, 1.807) is 37.3 Å². The highest BCUT2D eigenvalue weighted by molar-refractivity contribution is 7.98. The summed E-state index contributed by atoms with van der Waals surface area (Å²) >= 11 is 3.30. The van der Waals surface area contributed by atoms with Gasteiger partial charge in [0, 0.05) is 16.5 Å². The minimum absolute atomic E-state index is 0.710. The molecule has 0 N–H and O–H groups in total. The molecule has 4 nitrogen and oxygen atoms in total. The SMILES string of the molecule is COc1cccc(-c2nc(CSc3ccc4ccccc4n3)cs2)c1OC. The van der Waals surface area contributed by atoms with Crippen LogP contribution < -0.4 is 9.47 Å². The number of hydrogen-bond acceptors (Lipinski definition) is 6. The lowest BCUT2D eigenvalue weighted by molar-refractivity contribution is 0.356. The van der Waals surface area contributed by atoms with E-state index in [1.807, 2.05) is 36.4 Å². The molecule has 2 heterocycles. The summed E-state index contributed by atoms with van der Waals surface area (Å²) in [6, 6.07) is 18.2. The van der Waals surface area contributed by atoms with Crippen molar-refractivity contribution in [3.8, 4) is 22.1 Å². The number of thioether (sulfide) groups is 1. The molecule has 0 aliphatic heterocycles. The molecular formula is C21H18N2O2S2. The first-order valence-electron chi connectivity index (χ1n) is 8.43. The normalized spacial score (nSPS) is 10.9. The Balaban J connectivity index is 1.53. The van der Waals surface area contributed by atoms with Gasteiger partial charge in [-0.05, 0) is 24.3 Å². The van der Waals surface area contributed by atoms with Crippen molar-refractivity contribution in [1.82, 2.24) is 9.97 Å². The third kappa shape index (κ3) is 3.77. The molecule has 0 fully saturated rings. The molecule has 4 rings (SSSR count). The number of para-hydroxylation sites is 2. The first-order valence-corrected chi connectivity index (χ1v) is 10.3. The van der Waals surface area contributed by atoms with Gasteiger partial charge in [0.1, 0.15) is 5.01 Å². The molecule has 136 valence electrons. The lowest BCUT2D eigenvalue weighted by Crippen LogP contribution is -1.93. The van der Waals surface area contributed by atoms with Gasteiger partial charge in [-0.1, -0.05) is 42.1 Å². The fourth-order valence-electron chi connectivity index (χ4n) is 2.83. The van der Waals surface area contributed by atoms with Crippen molar-refractivity contribution >= 4 is 34.0 Å². The molecule has 2 aromatic heterocycles. The average molecular weight is 395 g/mol. The number of ether oxygens (including phenoxy) is 2. The summed E-state index contributed by atoms with van der Waals surface area (Å²) < 4.78 is 10.9. The highest BCUT2D eigenvalue weighted by Crippen LogP contribution is 2.39. The minimum atomic E-state index is 0.710. The monoisotopic (exact) mass is 394 g/mol. The predicted octanol–water partition coefficient (Wildman–Crippen LogP) is 5.67. The number of hydrogen-bond donors (Lipinski definition) is 0. The number of benzene rings is 2. The molecule has 0 saturated heterocycles. The summed E-state index contributed by atoms with van der Waals surface area (Å²) in [6.07, 6.45) is 0. The third-order valence-electron chi connectivity index (χ3n) is 4.13. The van der Waals surface area contributed by atoms with Crippen LogP contribution in [-0.4, -0.2) is 24.2 Å². The minimum Gasteiger partial charge on any atom is -0.493 e. The molecule has 0 bridgehead atoms. The van der Waals surface area contributed by atoms with Crippen molar-refractivity contribution in [3.05, 3.63) is 65.7 Å². The number of fused-ring (bicyclic) bond motifs is 1. The predicted molar refractivity (Wildman–Crippen MR) is 112 cm³/mol. The quantitative estimate of drug-likeness (QED) is 0.394. The van der Waals surface area contributed by atoms with Gasteiger partial charge in [-0.15, -0.1) is 11.3 Å². The van der Waals surface area contributed by atoms with Crippen molar-refractivity contribution in [2.45, 2.75) is 10.8 Å². The second-order valence-electron chi connectivity index (χ2n) is 5.82. The molecule has 27 heavy (non-hydrogen) atoms. The van der Waals surface area contributed by atoms with E-state index in [0.29, 0.717) is 11.5 Å². The smallest absolute Gasteiger partial charge is 0.170 e. The number of pyridine rings is 1. The summed E-state index contributed by atoms with van der Waals surface area (Å²) in [5, 5.41) is 5.17. The Labute approximate surface area is 166 Å². The van der Waals surface area contributed by atoms with E-state index in [-0.39, 0.29) is 0 Å². The fourth-order valence-corrected chi connectivity index (χ4v) is 4.55. The molecule has 0 atom stereocenters. The Morgan fingerprint density at radius 3 is 2.67 bits per heavy atom. The van der Waals surface area contributed by atoms with Gasteiger partial charge in [0.15, 0.2) is 11.5 Å². The summed E-state index contributed by atoms with van der Waals surface area (Å²) in [5.41, 5.74) is 2.99. The second kappa shape index (κ2) is 7.98. The molecule has 0 amide bonds. The molecule has 0 aliphatic rings. The van der Waals surface area contributed by atoms with E-state index in [0.717, 1.165) is 37.9 Å². The zero-order valence-corrected chi connectivity index (χ0v) is 16.6. The number of thiazole rings is 1. The van der Waals surface area contributed by atoms with Gasteiger partial charge in [-0.2, -0.15) is 0 Å². The molecule has 6 heteroatoms. The molecule has 0 spiro atoms. The summed E-state index contributed by atoms with van der Waals surface area (Å²) in [5.74, 6) is 2.19. The van der Waals surface area contributed by atoms with Crippen LogP contribution in [-0.2, 0) is 5.75 Å². The van der Waals surface area contributed by atoms with Gasteiger partial charge in [-0.25, -0.2) is 9.97 Å². The second-order valence-corrected chi connectivity index (χ2v) is 7.67. The van der Waals surface area contributed by atoms with E-state index >= 15 is 0 Å². The van der Waals surface area contributed by atoms with Crippen LogP contribution in [0.1, 0.15) is 5.69 Å². The Hall–Kier alpha value is -2.57. The van der Waals surface area contributed by atoms with Crippen LogP contribution in [0.15, 0.2) is 65.0 Å². The van der Waals surface area contributed by atoms with E-state index in [2.05, 4.69) is 23.6 Å². The Morgan fingerprint density at radius 2 is 1.81 bits per heavy atom. The molecular weight excluding hydrogens is 376 g/mol. The Bertz CT molecular complexity index is 1080. The van der Waals surface area contributed by atoms with Gasteiger partial charge in [0.2, 0.25) is 0 Å². The molecule has 0 unspecified atom stereocenters. The average Bonchev–Trinajstić information content (AvgIpc) is 3.20. The number of methoxy groups -OCH3 is 2. The van der Waals surface area contributed by atoms with Crippen molar-refractivity contribution in [2.24, 2.45) is 0 Å². The van der Waals surface area contributed by atoms with E-state index in [4.69, 9.17) is 19.4 Å². The van der Waals surface area contributed by atoms with Crippen molar-refractivity contribution < 1.29 is 9.47 Å². The van der Waals surface area contributed by atoms with Crippen molar-refractivity contribution in [1.29, 1.82) is 0 Å². The van der Waals surface area contributed by atoms with Crippen LogP contribution in [0.25, 0.3) is 21.5 Å². The van der Waals surface area contributed by atoms with E-state index in [1.165, 1.54) is 0 Å². The maximum atomic E-state index is 5.53. The lowest BCUT2D eigenvalue weighted by atomic mass is 10.2. The number of aromatic nitrogens is 2. The van der Waals surface area contributed by atoms with E-state index < -0.39 is 0 Å². The number of rotatable bonds is 6. The van der Waals surface area contributed by atoms with Gasteiger partial charge in [0.05, 0.1) is 36.0 Å². The van der Waals surface area contributed by atoms with Crippen LogP contribution >= 0.6 is 23.1 Å².